The molecule has 8 heteroatoms. The van der Waals surface area contributed by atoms with Crippen molar-refractivity contribution in [2.24, 2.45) is 11.1 Å². The average molecular weight is 316 g/mol. The van der Waals surface area contributed by atoms with Crippen LogP contribution in [0.1, 0.15) is 56.2 Å². The lowest BCUT2D eigenvalue weighted by Crippen LogP contribution is -2.28. The number of hydrogen-bond acceptors (Lipinski definition) is 4. The first kappa shape index (κ1) is 17.6. The average Bonchev–Trinajstić information content (AvgIpc) is 2.78. The van der Waals surface area contributed by atoms with E-state index in [1.807, 2.05) is 6.92 Å². The van der Waals surface area contributed by atoms with Gasteiger partial charge in [0.2, 0.25) is 10.0 Å². The van der Waals surface area contributed by atoms with Gasteiger partial charge in [0.1, 0.15) is 4.90 Å². The minimum atomic E-state index is -3.99. The Morgan fingerprint density at radius 2 is 2.10 bits per heavy atom. The molecule has 1 aromatic heterocycles. The van der Waals surface area contributed by atoms with Crippen LogP contribution >= 0.6 is 0 Å². The van der Waals surface area contributed by atoms with Crippen LogP contribution in [0.2, 0.25) is 0 Å². The van der Waals surface area contributed by atoms with E-state index in [-0.39, 0.29) is 10.6 Å². The third kappa shape index (κ3) is 5.13. The normalized spacial score (nSPS) is 11.9. The maximum absolute atomic E-state index is 12.1. The summed E-state index contributed by atoms with van der Waals surface area (Å²) < 4.78 is 23.3. The highest BCUT2D eigenvalue weighted by Gasteiger charge is 2.26. The molecule has 0 fully saturated rings. The van der Waals surface area contributed by atoms with Gasteiger partial charge in [0.25, 0.3) is 5.91 Å². The highest BCUT2D eigenvalue weighted by atomic mass is 32.2. The third-order valence-corrected chi connectivity index (χ3v) is 4.04. The SMILES string of the molecule is CCCc1[nH]nc(C(=O)NCCCC(C)C)c1S(N)(=O)=O. The number of nitrogens with two attached hydrogens (primary N) is 1. The Morgan fingerprint density at radius 1 is 1.43 bits per heavy atom. The van der Waals surface area contributed by atoms with E-state index in [1.54, 1.807) is 0 Å². The number of primary sulfonamides is 1. The summed E-state index contributed by atoms with van der Waals surface area (Å²) in [6.07, 6.45) is 3.02. The number of amides is 1. The molecule has 0 radical (unpaired) electrons. The molecule has 0 saturated carbocycles. The molecule has 0 spiro atoms. The van der Waals surface area contributed by atoms with E-state index in [1.165, 1.54) is 0 Å². The number of aryl methyl sites for hydroxylation is 1. The highest BCUT2D eigenvalue weighted by molar-refractivity contribution is 7.89. The van der Waals surface area contributed by atoms with Crippen molar-refractivity contribution in [1.29, 1.82) is 0 Å². The molecule has 0 atom stereocenters. The number of hydrogen-bond donors (Lipinski definition) is 3. The van der Waals surface area contributed by atoms with Gasteiger partial charge in [-0.05, 0) is 25.2 Å². The molecule has 0 aliphatic heterocycles. The van der Waals surface area contributed by atoms with Crippen molar-refractivity contribution in [3.8, 4) is 0 Å². The predicted molar refractivity (Wildman–Crippen MR) is 80.4 cm³/mol. The number of aromatic amines is 1. The van der Waals surface area contributed by atoms with E-state index in [0.717, 1.165) is 19.3 Å². The molecule has 0 unspecified atom stereocenters. The molecule has 0 aromatic carbocycles. The zero-order valence-corrected chi connectivity index (χ0v) is 13.6. The van der Waals surface area contributed by atoms with Gasteiger partial charge in [0.15, 0.2) is 5.69 Å². The van der Waals surface area contributed by atoms with Crippen LogP contribution in [-0.2, 0) is 16.4 Å². The molecule has 1 rings (SSSR count). The Labute approximate surface area is 125 Å². The van der Waals surface area contributed by atoms with E-state index >= 15 is 0 Å². The summed E-state index contributed by atoms with van der Waals surface area (Å²) >= 11 is 0. The number of nitrogens with zero attached hydrogens (tertiary/aromatic N) is 1. The fourth-order valence-corrected chi connectivity index (χ4v) is 2.94. The topological polar surface area (TPSA) is 118 Å². The summed E-state index contributed by atoms with van der Waals surface area (Å²) in [5, 5.41) is 14.3. The number of nitrogens with one attached hydrogen (secondary N) is 2. The van der Waals surface area contributed by atoms with Gasteiger partial charge in [0, 0.05) is 6.54 Å². The van der Waals surface area contributed by atoms with E-state index in [4.69, 9.17) is 5.14 Å². The lowest BCUT2D eigenvalue weighted by molar-refractivity contribution is 0.0944. The van der Waals surface area contributed by atoms with Gasteiger partial charge in [-0.1, -0.05) is 27.2 Å². The number of rotatable bonds is 8. The summed E-state index contributed by atoms with van der Waals surface area (Å²) in [6.45, 7) is 6.59. The first-order valence-electron chi connectivity index (χ1n) is 7.15. The van der Waals surface area contributed by atoms with Crippen LogP contribution in [0.5, 0.6) is 0 Å². The second-order valence-electron chi connectivity index (χ2n) is 5.47. The number of carbonyl (C=O) groups is 1. The van der Waals surface area contributed by atoms with Gasteiger partial charge in [-0.15, -0.1) is 0 Å². The summed E-state index contributed by atoms with van der Waals surface area (Å²) in [6, 6.07) is 0. The number of carbonyl (C=O) groups excluding carboxylic acids is 1. The van der Waals surface area contributed by atoms with Gasteiger partial charge in [-0.3, -0.25) is 9.89 Å². The van der Waals surface area contributed by atoms with Crippen LogP contribution in [0.3, 0.4) is 0 Å². The molecular formula is C13H24N4O3S. The molecular weight excluding hydrogens is 292 g/mol. The third-order valence-electron chi connectivity index (χ3n) is 3.04. The zero-order valence-electron chi connectivity index (χ0n) is 12.8. The van der Waals surface area contributed by atoms with Gasteiger partial charge in [-0.25, -0.2) is 13.6 Å². The van der Waals surface area contributed by atoms with E-state index in [0.29, 0.717) is 24.6 Å². The number of sulfonamides is 1. The fourth-order valence-electron chi connectivity index (χ4n) is 2.04. The molecule has 0 aliphatic carbocycles. The Balaban J connectivity index is 2.85. The van der Waals surface area contributed by atoms with E-state index in [2.05, 4.69) is 29.4 Å². The van der Waals surface area contributed by atoms with Crippen LogP contribution in [0.4, 0.5) is 0 Å². The van der Waals surface area contributed by atoms with E-state index in [9.17, 15) is 13.2 Å². The molecule has 21 heavy (non-hydrogen) atoms. The van der Waals surface area contributed by atoms with Crippen molar-refractivity contribution in [2.75, 3.05) is 6.54 Å². The number of H-pyrrole nitrogens is 1. The van der Waals surface area contributed by atoms with Crippen molar-refractivity contribution in [2.45, 2.75) is 51.3 Å². The maximum Gasteiger partial charge on any atom is 0.273 e. The first-order chi connectivity index (χ1) is 9.77. The Hall–Kier alpha value is -1.41. The Morgan fingerprint density at radius 3 is 2.62 bits per heavy atom. The zero-order chi connectivity index (χ0) is 16.0. The minimum Gasteiger partial charge on any atom is -0.351 e. The second-order valence-corrected chi connectivity index (χ2v) is 6.97. The van der Waals surface area contributed by atoms with Gasteiger partial charge in [0.05, 0.1) is 5.69 Å². The molecule has 1 amide bonds. The monoisotopic (exact) mass is 316 g/mol. The fraction of sp³-hybridized carbons (Fsp3) is 0.692. The van der Waals surface area contributed by atoms with Gasteiger partial charge >= 0.3 is 0 Å². The van der Waals surface area contributed by atoms with Crippen molar-refractivity contribution in [3.63, 3.8) is 0 Å². The van der Waals surface area contributed by atoms with Crippen LogP contribution in [-0.4, -0.2) is 31.1 Å². The van der Waals surface area contributed by atoms with Crippen LogP contribution in [0, 0.1) is 5.92 Å². The summed E-state index contributed by atoms with van der Waals surface area (Å²) in [7, 11) is -3.99. The highest BCUT2D eigenvalue weighted by Crippen LogP contribution is 2.18. The molecule has 7 nitrogen and oxygen atoms in total. The lowest BCUT2D eigenvalue weighted by atomic mass is 10.1. The minimum absolute atomic E-state index is 0.148. The van der Waals surface area contributed by atoms with Crippen LogP contribution in [0.15, 0.2) is 4.90 Å². The van der Waals surface area contributed by atoms with Crippen LogP contribution in [0.25, 0.3) is 0 Å². The molecule has 0 bridgehead atoms. The van der Waals surface area contributed by atoms with Crippen molar-refractivity contribution < 1.29 is 13.2 Å². The predicted octanol–water partition coefficient (Wildman–Crippen LogP) is 1.18. The Bertz CT molecular complexity index is 578. The van der Waals surface area contributed by atoms with Crippen molar-refractivity contribution in [1.82, 2.24) is 15.5 Å². The van der Waals surface area contributed by atoms with Gasteiger partial charge in [-0.2, -0.15) is 5.10 Å². The van der Waals surface area contributed by atoms with Crippen LogP contribution < -0.4 is 10.5 Å². The smallest absolute Gasteiger partial charge is 0.273 e. The maximum atomic E-state index is 12.1. The summed E-state index contributed by atoms with van der Waals surface area (Å²) in [5.41, 5.74) is 0.234. The lowest BCUT2D eigenvalue weighted by Gasteiger charge is -2.06. The van der Waals surface area contributed by atoms with Crippen molar-refractivity contribution >= 4 is 15.9 Å². The molecule has 0 aliphatic rings. The largest absolute Gasteiger partial charge is 0.351 e. The number of aromatic nitrogens is 2. The summed E-state index contributed by atoms with van der Waals surface area (Å²) in [5.74, 6) is 0.0461. The molecule has 0 saturated heterocycles. The van der Waals surface area contributed by atoms with Gasteiger partial charge < -0.3 is 5.32 Å². The molecule has 4 N–H and O–H groups in total. The first-order valence-corrected chi connectivity index (χ1v) is 8.70. The molecule has 1 aromatic rings. The van der Waals surface area contributed by atoms with Crippen molar-refractivity contribution in [3.05, 3.63) is 11.4 Å². The molecule has 1 heterocycles. The van der Waals surface area contributed by atoms with E-state index < -0.39 is 15.9 Å². The Kier molecular flexibility index (Phi) is 6.35. The second kappa shape index (κ2) is 7.56. The molecule has 120 valence electrons. The standard InChI is InChI=1S/C13H24N4O3S/c1-4-6-10-12(21(14,19)20)11(17-16-10)13(18)15-8-5-7-9(2)3/h9H,4-8H2,1-3H3,(H,15,18)(H,16,17)(H2,14,19,20). The quantitative estimate of drug-likeness (QED) is 0.624. The summed E-state index contributed by atoms with van der Waals surface area (Å²) in [4.78, 5) is 11.9.